The van der Waals surface area contributed by atoms with Gasteiger partial charge >= 0.3 is 0 Å². The van der Waals surface area contributed by atoms with Crippen molar-refractivity contribution in [2.45, 2.75) is 12.5 Å². The van der Waals surface area contributed by atoms with E-state index in [1.165, 1.54) is 6.07 Å². The third-order valence-electron chi connectivity index (χ3n) is 2.76. The van der Waals surface area contributed by atoms with E-state index in [0.29, 0.717) is 17.0 Å². The summed E-state index contributed by atoms with van der Waals surface area (Å²) in [5.41, 5.74) is 1.50. The molecule has 0 aliphatic rings. The molecule has 0 aliphatic carbocycles. The van der Waals surface area contributed by atoms with Gasteiger partial charge in [-0.3, -0.25) is 0 Å². The molecular formula is C13H13ClFNO. The van der Waals surface area contributed by atoms with Gasteiger partial charge in [0, 0.05) is 22.2 Å². The van der Waals surface area contributed by atoms with E-state index in [0.717, 1.165) is 5.56 Å². The Bertz CT molecular complexity index is 464. The second kappa shape index (κ2) is 5.34. The zero-order valence-corrected chi connectivity index (χ0v) is 10.2. The minimum absolute atomic E-state index is 0.0110. The summed E-state index contributed by atoms with van der Waals surface area (Å²) >= 11 is 6.00. The Kier molecular flexibility index (Phi) is 3.82. The van der Waals surface area contributed by atoms with E-state index in [1.807, 2.05) is 13.1 Å². The second-order valence-corrected chi connectivity index (χ2v) is 4.21. The summed E-state index contributed by atoms with van der Waals surface area (Å²) in [6, 6.07) is 6.57. The van der Waals surface area contributed by atoms with Crippen molar-refractivity contribution in [1.29, 1.82) is 0 Å². The van der Waals surface area contributed by atoms with Gasteiger partial charge in [0.25, 0.3) is 0 Å². The van der Waals surface area contributed by atoms with Crippen LogP contribution in [0.3, 0.4) is 0 Å². The number of rotatable bonds is 4. The summed E-state index contributed by atoms with van der Waals surface area (Å²) in [5.74, 6) is -0.277. The van der Waals surface area contributed by atoms with Crippen LogP contribution in [0.4, 0.5) is 4.39 Å². The highest BCUT2D eigenvalue weighted by Crippen LogP contribution is 2.25. The Labute approximate surface area is 104 Å². The van der Waals surface area contributed by atoms with Crippen LogP contribution >= 0.6 is 11.6 Å². The van der Waals surface area contributed by atoms with Gasteiger partial charge in [-0.1, -0.05) is 17.7 Å². The fourth-order valence-corrected chi connectivity index (χ4v) is 2.03. The summed E-state index contributed by atoms with van der Waals surface area (Å²) in [6.07, 6.45) is 3.74. The molecule has 0 radical (unpaired) electrons. The summed E-state index contributed by atoms with van der Waals surface area (Å²) in [6.45, 7) is 0. The highest BCUT2D eigenvalue weighted by molar-refractivity contribution is 6.31. The lowest BCUT2D eigenvalue weighted by Gasteiger charge is -2.15. The maximum atomic E-state index is 13.7. The highest BCUT2D eigenvalue weighted by atomic mass is 35.5. The standard InChI is InChI=1S/C13H13ClFNO/c1-16-13(9-5-6-17-8-9)7-10-11(14)3-2-4-12(10)15/h2-6,8,13,16H,7H2,1H3. The van der Waals surface area contributed by atoms with E-state index in [1.54, 1.807) is 24.7 Å². The zero-order chi connectivity index (χ0) is 12.3. The average Bonchev–Trinajstić information content (AvgIpc) is 2.82. The second-order valence-electron chi connectivity index (χ2n) is 3.80. The Morgan fingerprint density at radius 1 is 1.41 bits per heavy atom. The van der Waals surface area contributed by atoms with Crippen molar-refractivity contribution in [1.82, 2.24) is 5.32 Å². The van der Waals surface area contributed by atoms with Crippen LogP contribution in [0.15, 0.2) is 41.2 Å². The number of hydrogen-bond acceptors (Lipinski definition) is 2. The van der Waals surface area contributed by atoms with Gasteiger partial charge in [-0.15, -0.1) is 0 Å². The SMILES string of the molecule is CNC(Cc1c(F)cccc1Cl)c1ccoc1. The van der Waals surface area contributed by atoms with Crippen molar-refractivity contribution in [2.75, 3.05) is 7.05 Å². The predicted molar refractivity (Wildman–Crippen MR) is 65.6 cm³/mol. The minimum Gasteiger partial charge on any atom is -0.472 e. The van der Waals surface area contributed by atoms with Crippen molar-refractivity contribution >= 4 is 11.6 Å². The molecule has 1 unspecified atom stereocenters. The molecule has 0 saturated carbocycles. The molecule has 1 heterocycles. The van der Waals surface area contributed by atoms with Gasteiger partial charge in [-0.2, -0.15) is 0 Å². The molecule has 90 valence electrons. The molecule has 0 bridgehead atoms. The molecule has 4 heteroatoms. The minimum atomic E-state index is -0.277. The Balaban J connectivity index is 2.25. The first-order valence-electron chi connectivity index (χ1n) is 5.34. The van der Waals surface area contributed by atoms with E-state index in [2.05, 4.69) is 5.32 Å². The summed E-state index contributed by atoms with van der Waals surface area (Å²) in [5, 5.41) is 3.57. The number of nitrogens with one attached hydrogen (secondary N) is 1. The monoisotopic (exact) mass is 253 g/mol. The normalized spacial score (nSPS) is 12.6. The molecular weight excluding hydrogens is 241 g/mol. The van der Waals surface area contributed by atoms with Crippen LogP contribution in [0.5, 0.6) is 0 Å². The first-order valence-corrected chi connectivity index (χ1v) is 5.72. The number of likely N-dealkylation sites (N-methyl/N-ethyl adjacent to an activating group) is 1. The lowest BCUT2D eigenvalue weighted by Crippen LogP contribution is -2.19. The van der Waals surface area contributed by atoms with Gasteiger partial charge in [-0.05, 0) is 31.7 Å². The quantitative estimate of drug-likeness (QED) is 0.901. The van der Waals surface area contributed by atoms with Crippen molar-refractivity contribution in [3.8, 4) is 0 Å². The number of benzene rings is 1. The van der Waals surface area contributed by atoms with Gasteiger partial charge < -0.3 is 9.73 Å². The van der Waals surface area contributed by atoms with Crippen molar-refractivity contribution in [2.24, 2.45) is 0 Å². The Morgan fingerprint density at radius 3 is 2.82 bits per heavy atom. The van der Waals surface area contributed by atoms with Crippen LogP contribution in [-0.4, -0.2) is 7.05 Å². The first kappa shape index (κ1) is 12.1. The lowest BCUT2D eigenvalue weighted by atomic mass is 10.0. The molecule has 2 rings (SSSR count). The van der Waals surface area contributed by atoms with Gasteiger partial charge in [0.05, 0.1) is 12.5 Å². The van der Waals surface area contributed by atoms with Gasteiger partial charge in [-0.25, -0.2) is 4.39 Å². The smallest absolute Gasteiger partial charge is 0.127 e. The summed E-state index contributed by atoms with van der Waals surface area (Å²) in [7, 11) is 1.83. The van der Waals surface area contributed by atoms with E-state index < -0.39 is 0 Å². The summed E-state index contributed by atoms with van der Waals surface area (Å²) in [4.78, 5) is 0. The topological polar surface area (TPSA) is 25.2 Å². The Hall–Kier alpha value is -1.32. The third kappa shape index (κ3) is 2.68. The predicted octanol–water partition coefficient (Wildman–Crippen LogP) is 3.58. The fraction of sp³-hybridized carbons (Fsp3) is 0.231. The van der Waals surface area contributed by atoms with Crippen LogP contribution in [0.2, 0.25) is 5.02 Å². The molecule has 0 saturated heterocycles. The first-order chi connectivity index (χ1) is 8.22. The molecule has 1 aromatic heterocycles. The molecule has 0 fully saturated rings. The average molecular weight is 254 g/mol. The largest absolute Gasteiger partial charge is 0.472 e. The van der Waals surface area contributed by atoms with E-state index in [9.17, 15) is 4.39 Å². The van der Waals surface area contributed by atoms with Crippen LogP contribution in [0.1, 0.15) is 17.2 Å². The fourth-order valence-electron chi connectivity index (χ4n) is 1.79. The summed E-state index contributed by atoms with van der Waals surface area (Å²) < 4.78 is 18.7. The van der Waals surface area contributed by atoms with Gasteiger partial charge in [0.15, 0.2) is 0 Å². The lowest BCUT2D eigenvalue weighted by molar-refractivity contribution is 0.531. The van der Waals surface area contributed by atoms with Crippen LogP contribution in [0.25, 0.3) is 0 Å². The molecule has 2 aromatic rings. The number of furan rings is 1. The van der Waals surface area contributed by atoms with Gasteiger partial charge in [0.2, 0.25) is 0 Å². The molecule has 1 atom stereocenters. The molecule has 2 nitrogen and oxygen atoms in total. The zero-order valence-electron chi connectivity index (χ0n) is 9.41. The van der Waals surface area contributed by atoms with Gasteiger partial charge in [0.1, 0.15) is 5.82 Å². The van der Waals surface area contributed by atoms with Crippen molar-refractivity contribution < 1.29 is 8.81 Å². The highest BCUT2D eigenvalue weighted by Gasteiger charge is 2.15. The third-order valence-corrected chi connectivity index (χ3v) is 3.12. The Morgan fingerprint density at radius 2 is 2.24 bits per heavy atom. The van der Waals surface area contributed by atoms with Crippen LogP contribution in [0, 0.1) is 5.82 Å². The number of halogens is 2. The molecule has 1 N–H and O–H groups in total. The maximum absolute atomic E-state index is 13.7. The van der Waals surface area contributed by atoms with Crippen molar-refractivity contribution in [3.63, 3.8) is 0 Å². The molecule has 0 spiro atoms. The molecule has 17 heavy (non-hydrogen) atoms. The molecule has 0 aliphatic heterocycles. The van der Waals surface area contributed by atoms with Crippen LogP contribution < -0.4 is 5.32 Å². The molecule has 1 aromatic carbocycles. The van der Waals surface area contributed by atoms with Crippen molar-refractivity contribution in [3.05, 3.63) is 58.8 Å². The maximum Gasteiger partial charge on any atom is 0.127 e. The van der Waals surface area contributed by atoms with Crippen LogP contribution in [-0.2, 0) is 6.42 Å². The molecule has 0 amide bonds. The van der Waals surface area contributed by atoms with E-state index >= 15 is 0 Å². The van der Waals surface area contributed by atoms with E-state index in [-0.39, 0.29) is 11.9 Å². The number of hydrogen-bond donors (Lipinski definition) is 1. The van der Waals surface area contributed by atoms with E-state index in [4.69, 9.17) is 16.0 Å².